The predicted octanol–water partition coefficient (Wildman–Crippen LogP) is 0.640. The summed E-state index contributed by atoms with van der Waals surface area (Å²) in [5, 5.41) is 3.18. The molecule has 1 amide bonds. The second-order valence-corrected chi connectivity index (χ2v) is 4.70. The Balaban J connectivity index is 2.08. The van der Waals surface area contributed by atoms with E-state index in [1.807, 2.05) is 31.3 Å². The average molecular weight is 248 g/mol. The van der Waals surface area contributed by atoms with Crippen molar-refractivity contribution in [1.82, 2.24) is 15.2 Å². The van der Waals surface area contributed by atoms with Crippen LogP contribution in [0.4, 0.5) is 5.82 Å². The van der Waals surface area contributed by atoms with Gasteiger partial charge < -0.3 is 15.1 Å². The number of nitrogens with zero attached hydrogens (tertiary/aromatic N) is 3. The van der Waals surface area contributed by atoms with Crippen molar-refractivity contribution in [2.75, 3.05) is 38.6 Å². The minimum atomic E-state index is 0.149. The van der Waals surface area contributed by atoms with E-state index in [0.717, 1.165) is 24.5 Å². The first-order valence-electron chi connectivity index (χ1n) is 6.24. The van der Waals surface area contributed by atoms with E-state index in [1.54, 1.807) is 4.90 Å². The van der Waals surface area contributed by atoms with E-state index in [-0.39, 0.29) is 5.91 Å². The Morgan fingerprint density at radius 1 is 1.39 bits per heavy atom. The highest BCUT2D eigenvalue weighted by Gasteiger charge is 2.21. The molecule has 1 aliphatic heterocycles. The quantitative estimate of drug-likeness (QED) is 0.853. The number of nitrogens with one attached hydrogen (secondary N) is 1. The van der Waals surface area contributed by atoms with Crippen molar-refractivity contribution < 1.29 is 4.79 Å². The maximum absolute atomic E-state index is 11.6. The predicted molar refractivity (Wildman–Crippen MR) is 71.6 cm³/mol. The molecule has 2 heterocycles. The molecule has 1 fully saturated rings. The van der Waals surface area contributed by atoms with Crippen LogP contribution < -0.4 is 10.2 Å². The summed E-state index contributed by atoms with van der Waals surface area (Å²) in [6.07, 6.45) is 1.87. The first-order valence-corrected chi connectivity index (χ1v) is 6.24. The van der Waals surface area contributed by atoms with Crippen LogP contribution in [0.2, 0.25) is 0 Å². The lowest BCUT2D eigenvalue weighted by Crippen LogP contribution is -2.48. The number of hydrogen-bond acceptors (Lipinski definition) is 4. The molecule has 1 aliphatic rings. The number of carbonyl (C=O) groups excluding carboxylic acids is 1. The molecule has 1 aromatic rings. The van der Waals surface area contributed by atoms with Gasteiger partial charge in [-0.2, -0.15) is 0 Å². The summed E-state index contributed by atoms with van der Waals surface area (Å²) in [5.41, 5.74) is 1.15. The van der Waals surface area contributed by atoms with Crippen LogP contribution in [0.25, 0.3) is 0 Å². The molecule has 1 atom stereocenters. The van der Waals surface area contributed by atoms with Crippen LogP contribution in [-0.4, -0.2) is 49.5 Å². The third-order valence-electron chi connectivity index (χ3n) is 3.48. The number of hydrogen-bond donors (Lipinski definition) is 1. The molecule has 5 heteroatoms. The summed E-state index contributed by atoms with van der Waals surface area (Å²) in [7, 11) is 3.77. The maximum atomic E-state index is 11.6. The van der Waals surface area contributed by atoms with Gasteiger partial charge in [-0.05, 0) is 25.6 Å². The number of piperazine rings is 1. The maximum Gasteiger partial charge on any atom is 0.241 e. The number of pyridine rings is 1. The van der Waals surface area contributed by atoms with Gasteiger partial charge in [0.2, 0.25) is 5.91 Å². The number of aromatic nitrogens is 1. The summed E-state index contributed by atoms with van der Waals surface area (Å²) < 4.78 is 0. The molecule has 18 heavy (non-hydrogen) atoms. The third-order valence-corrected chi connectivity index (χ3v) is 3.48. The molecule has 5 nitrogen and oxygen atoms in total. The van der Waals surface area contributed by atoms with Gasteiger partial charge in [-0.1, -0.05) is 6.07 Å². The molecular weight excluding hydrogens is 228 g/mol. The molecular formula is C13H20N4O. The SMILES string of the molecule is CNC(C)c1ccc(N2CCN(C)C(=O)C2)nc1. The largest absolute Gasteiger partial charge is 0.346 e. The Bertz CT molecular complexity index is 418. The summed E-state index contributed by atoms with van der Waals surface area (Å²) in [6.45, 7) is 4.12. The number of carbonyl (C=O) groups is 1. The van der Waals surface area contributed by atoms with Crippen LogP contribution in [0.1, 0.15) is 18.5 Å². The zero-order chi connectivity index (χ0) is 13.1. The van der Waals surface area contributed by atoms with Crippen LogP contribution in [0.3, 0.4) is 0 Å². The van der Waals surface area contributed by atoms with E-state index >= 15 is 0 Å². The van der Waals surface area contributed by atoms with Crippen molar-refractivity contribution >= 4 is 11.7 Å². The van der Waals surface area contributed by atoms with Crippen molar-refractivity contribution in [1.29, 1.82) is 0 Å². The smallest absolute Gasteiger partial charge is 0.241 e. The van der Waals surface area contributed by atoms with Crippen LogP contribution in [0, 0.1) is 0 Å². The topological polar surface area (TPSA) is 48.5 Å². The number of likely N-dealkylation sites (N-methyl/N-ethyl adjacent to an activating group) is 1. The second-order valence-electron chi connectivity index (χ2n) is 4.70. The van der Waals surface area contributed by atoms with Gasteiger partial charge in [-0.3, -0.25) is 4.79 Å². The molecule has 1 aromatic heterocycles. The Morgan fingerprint density at radius 2 is 2.17 bits per heavy atom. The number of anilines is 1. The Hall–Kier alpha value is -1.62. The monoisotopic (exact) mass is 248 g/mol. The van der Waals surface area contributed by atoms with Crippen molar-refractivity contribution in [3.05, 3.63) is 23.9 Å². The van der Waals surface area contributed by atoms with Gasteiger partial charge in [0.05, 0.1) is 6.54 Å². The molecule has 1 saturated heterocycles. The fourth-order valence-electron chi connectivity index (χ4n) is 1.96. The first kappa shape index (κ1) is 12.8. The molecule has 0 radical (unpaired) electrons. The normalized spacial score (nSPS) is 18.1. The Morgan fingerprint density at radius 3 is 2.72 bits per heavy atom. The fourth-order valence-corrected chi connectivity index (χ4v) is 1.96. The first-order chi connectivity index (χ1) is 8.61. The summed E-state index contributed by atoms with van der Waals surface area (Å²) in [5.74, 6) is 1.03. The standard InChI is InChI=1S/C13H20N4O/c1-10(14-2)11-4-5-12(15-8-11)17-7-6-16(3)13(18)9-17/h4-5,8,10,14H,6-7,9H2,1-3H3. The van der Waals surface area contributed by atoms with Gasteiger partial charge in [-0.15, -0.1) is 0 Å². The minimum absolute atomic E-state index is 0.149. The fraction of sp³-hybridized carbons (Fsp3) is 0.538. The van der Waals surface area contributed by atoms with E-state index < -0.39 is 0 Å². The van der Waals surface area contributed by atoms with Crippen LogP contribution >= 0.6 is 0 Å². The van der Waals surface area contributed by atoms with E-state index in [1.165, 1.54) is 0 Å². The molecule has 98 valence electrons. The lowest BCUT2D eigenvalue weighted by molar-refractivity contribution is -0.129. The van der Waals surface area contributed by atoms with Gasteiger partial charge in [-0.25, -0.2) is 4.98 Å². The molecule has 0 aromatic carbocycles. The van der Waals surface area contributed by atoms with E-state index in [2.05, 4.69) is 23.3 Å². The van der Waals surface area contributed by atoms with Crippen LogP contribution in [-0.2, 0) is 4.79 Å². The van der Waals surface area contributed by atoms with E-state index in [9.17, 15) is 4.79 Å². The summed E-state index contributed by atoms with van der Waals surface area (Å²) in [6, 6.07) is 4.34. The zero-order valence-corrected chi connectivity index (χ0v) is 11.2. The van der Waals surface area contributed by atoms with Crippen molar-refractivity contribution in [2.24, 2.45) is 0 Å². The minimum Gasteiger partial charge on any atom is -0.346 e. The molecule has 0 saturated carbocycles. The van der Waals surface area contributed by atoms with Gasteiger partial charge in [0, 0.05) is 32.4 Å². The third kappa shape index (κ3) is 2.61. The molecule has 0 bridgehead atoms. The summed E-state index contributed by atoms with van der Waals surface area (Å²) >= 11 is 0. The van der Waals surface area contributed by atoms with Gasteiger partial charge >= 0.3 is 0 Å². The van der Waals surface area contributed by atoms with Gasteiger partial charge in [0.25, 0.3) is 0 Å². The van der Waals surface area contributed by atoms with Crippen molar-refractivity contribution in [2.45, 2.75) is 13.0 Å². The molecule has 0 aliphatic carbocycles. The average Bonchev–Trinajstić information content (AvgIpc) is 2.41. The molecule has 2 rings (SSSR count). The lowest BCUT2D eigenvalue weighted by Gasteiger charge is -2.32. The second kappa shape index (κ2) is 5.35. The Kier molecular flexibility index (Phi) is 3.81. The zero-order valence-electron chi connectivity index (χ0n) is 11.2. The van der Waals surface area contributed by atoms with Gasteiger partial charge in [0.1, 0.15) is 5.82 Å². The highest BCUT2D eigenvalue weighted by Crippen LogP contribution is 2.17. The number of rotatable bonds is 3. The van der Waals surface area contributed by atoms with Crippen molar-refractivity contribution in [3.8, 4) is 0 Å². The highest BCUT2D eigenvalue weighted by atomic mass is 16.2. The molecule has 1 N–H and O–H groups in total. The molecule has 0 spiro atoms. The van der Waals surface area contributed by atoms with Crippen molar-refractivity contribution in [3.63, 3.8) is 0 Å². The molecule has 1 unspecified atom stereocenters. The van der Waals surface area contributed by atoms with Crippen LogP contribution in [0.5, 0.6) is 0 Å². The highest BCUT2D eigenvalue weighted by molar-refractivity contribution is 5.82. The van der Waals surface area contributed by atoms with E-state index in [4.69, 9.17) is 0 Å². The Labute approximate surface area is 108 Å². The lowest BCUT2D eigenvalue weighted by atomic mass is 10.1. The van der Waals surface area contributed by atoms with E-state index in [0.29, 0.717) is 12.6 Å². The van der Waals surface area contributed by atoms with Crippen LogP contribution in [0.15, 0.2) is 18.3 Å². The summed E-state index contributed by atoms with van der Waals surface area (Å²) in [4.78, 5) is 19.9. The number of amides is 1. The van der Waals surface area contributed by atoms with Gasteiger partial charge in [0.15, 0.2) is 0 Å².